The molecule has 0 aliphatic carbocycles. The Bertz CT molecular complexity index is 584. The average molecular weight is 277 g/mol. The van der Waals surface area contributed by atoms with Crippen molar-refractivity contribution in [3.05, 3.63) is 53.9 Å². The van der Waals surface area contributed by atoms with E-state index in [0.29, 0.717) is 12.1 Å². The summed E-state index contributed by atoms with van der Waals surface area (Å²) in [5, 5.41) is 12.1. The lowest BCUT2D eigenvalue weighted by Crippen LogP contribution is -2.30. The predicted octanol–water partition coefficient (Wildman–Crippen LogP) is 1.90. The van der Waals surface area contributed by atoms with Crippen molar-refractivity contribution >= 4 is 5.97 Å². The number of hydrogen-bond donors (Lipinski definition) is 2. The number of nitrogens with one attached hydrogen (secondary N) is 1. The molecule has 0 aliphatic heterocycles. The molecule has 5 nitrogen and oxygen atoms in total. The van der Waals surface area contributed by atoms with Gasteiger partial charge in [0.05, 0.1) is 11.9 Å². The quantitative estimate of drug-likeness (QED) is 0.846. The molecule has 0 fully saturated rings. The Kier molecular flexibility index (Phi) is 4.47. The molecule has 0 saturated carbocycles. The number of benzene rings is 1. The van der Waals surface area contributed by atoms with Gasteiger partial charge in [0.25, 0.3) is 0 Å². The lowest BCUT2D eigenvalue weighted by Gasteiger charge is -2.15. The molecular formula is C14H16FN3O2. The molecule has 106 valence electrons. The Morgan fingerprint density at radius 2 is 2.35 bits per heavy atom. The van der Waals surface area contributed by atoms with Crippen molar-refractivity contribution < 1.29 is 14.3 Å². The molecule has 0 bridgehead atoms. The molecule has 2 aromatic rings. The Hall–Kier alpha value is -2.21. The van der Waals surface area contributed by atoms with Crippen molar-refractivity contribution in [3.8, 4) is 0 Å². The minimum absolute atomic E-state index is 0.0884. The second-order valence-electron chi connectivity index (χ2n) is 4.65. The molecule has 1 aromatic heterocycles. The summed E-state index contributed by atoms with van der Waals surface area (Å²) in [5.74, 6) is -1.46. The van der Waals surface area contributed by atoms with Crippen LogP contribution < -0.4 is 5.32 Å². The van der Waals surface area contributed by atoms with Gasteiger partial charge < -0.3 is 15.0 Å². The zero-order chi connectivity index (χ0) is 14.5. The molecule has 6 heteroatoms. The third kappa shape index (κ3) is 3.64. The van der Waals surface area contributed by atoms with Crippen LogP contribution in [0.5, 0.6) is 0 Å². The van der Waals surface area contributed by atoms with Gasteiger partial charge in [-0.1, -0.05) is 0 Å². The van der Waals surface area contributed by atoms with Crippen LogP contribution in [-0.4, -0.2) is 26.7 Å². The van der Waals surface area contributed by atoms with E-state index in [0.717, 1.165) is 0 Å². The van der Waals surface area contributed by atoms with Gasteiger partial charge in [-0.25, -0.2) is 14.2 Å². The highest BCUT2D eigenvalue weighted by Crippen LogP contribution is 2.11. The van der Waals surface area contributed by atoms with Crippen LogP contribution in [0.2, 0.25) is 0 Å². The van der Waals surface area contributed by atoms with Gasteiger partial charge in [-0.3, -0.25) is 0 Å². The van der Waals surface area contributed by atoms with Gasteiger partial charge in [0.1, 0.15) is 5.82 Å². The maximum Gasteiger partial charge on any atom is 0.335 e. The first-order valence-corrected chi connectivity index (χ1v) is 6.27. The number of nitrogens with zero attached hydrogens (tertiary/aromatic N) is 2. The SMILES string of the molecule is CC(Cn1ccnc1)NCc1cc(C(=O)O)ccc1F. The fourth-order valence-corrected chi connectivity index (χ4v) is 1.90. The van der Waals surface area contributed by atoms with Crippen LogP contribution in [0.25, 0.3) is 0 Å². The van der Waals surface area contributed by atoms with Crippen LogP contribution in [-0.2, 0) is 13.1 Å². The normalized spacial score (nSPS) is 12.3. The Labute approximate surface area is 116 Å². The van der Waals surface area contributed by atoms with Gasteiger partial charge in [0.15, 0.2) is 0 Å². The number of carboxylic acids is 1. The second-order valence-corrected chi connectivity index (χ2v) is 4.65. The van der Waals surface area contributed by atoms with E-state index in [1.807, 2.05) is 17.7 Å². The van der Waals surface area contributed by atoms with Crippen molar-refractivity contribution in [2.45, 2.75) is 26.1 Å². The van der Waals surface area contributed by atoms with Crippen molar-refractivity contribution in [2.24, 2.45) is 0 Å². The first-order chi connectivity index (χ1) is 9.56. The monoisotopic (exact) mass is 277 g/mol. The summed E-state index contributed by atoms with van der Waals surface area (Å²) >= 11 is 0. The molecule has 1 atom stereocenters. The van der Waals surface area contributed by atoms with E-state index in [4.69, 9.17) is 5.11 Å². The van der Waals surface area contributed by atoms with Crippen LogP contribution in [0.15, 0.2) is 36.9 Å². The number of halogens is 1. The molecule has 0 spiro atoms. The van der Waals surface area contributed by atoms with E-state index < -0.39 is 11.8 Å². The first kappa shape index (κ1) is 14.2. The van der Waals surface area contributed by atoms with E-state index in [9.17, 15) is 9.18 Å². The molecule has 2 N–H and O–H groups in total. The third-order valence-electron chi connectivity index (χ3n) is 2.98. The van der Waals surface area contributed by atoms with E-state index in [-0.39, 0.29) is 18.2 Å². The van der Waals surface area contributed by atoms with E-state index in [1.165, 1.54) is 18.2 Å². The van der Waals surface area contributed by atoms with Crippen molar-refractivity contribution in [3.63, 3.8) is 0 Å². The minimum Gasteiger partial charge on any atom is -0.478 e. The Morgan fingerprint density at radius 3 is 3.00 bits per heavy atom. The van der Waals surface area contributed by atoms with Crippen LogP contribution in [0, 0.1) is 5.82 Å². The number of imidazole rings is 1. The molecule has 1 unspecified atom stereocenters. The Morgan fingerprint density at radius 1 is 1.55 bits per heavy atom. The summed E-state index contributed by atoms with van der Waals surface area (Å²) < 4.78 is 15.5. The third-order valence-corrected chi connectivity index (χ3v) is 2.98. The summed E-state index contributed by atoms with van der Waals surface area (Å²) in [7, 11) is 0. The zero-order valence-corrected chi connectivity index (χ0v) is 11.1. The Balaban J connectivity index is 1.96. The predicted molar refractivity (Wildman–Crippen MR) is 71.9 cm³/mol. The largest absolute Gasteiger partial charge is 0.478 e. The minimum atomic E-state index is -1.06. The maximum absolute atomic E-state index is 13.6. The fraction of sp³-hybridized carbons (Fsp3) is 0.286. The number of aromatic carboxylic acids is 1. The molecular weight excluding hydrogens is 261 g/mol. The van der Waals surface area contributed by atoms with Gasteiger partial charge in [-0.2, -0.15) is 0 Å². The number of carbonyl (C=O) groups is 1. The van der Waals surface area contributed by atoms with E-state index >= 15 is 0 Å². The first-order valence-electron chi connectivity index (χ1n) is 6.27. The van der Waals surface area contributed by atoms with Gasteiger partial charge in [0, 0.05) is 37.1 Å². The van der Waals surface area contributed by atoms with Gasteiger partial charge in [-0.15, -0.1) is 0 Å². The molecule has 1 heterocycles. The van der Waals surface area contributed by atoms with Gasteiger partial charge in [0.2, 0.25) is 0 Å². The van der Waals surface area contributed by atoms with Crippen molar-refractivity contribution in [1.82, 2.24) is 14.9 Å². The highest BCUT2D eigenvalue weighted by Gasteiger charge is 2.09. The lowest BCUT2D eigenvalue weighted by atomic mass is 10.1. The van der Waals surface area contributed by atoms with Gasteiger partial charge in [-0.05, 0) is 25.1 Å². The molecule has 1 aromatic carbocycles. The molecule has 0 radical (unpaired) electrons. The number of hydrogen-bond acceptors (Lipinski definition) is 3. The van der Waals surface area contributed by atoms with Gasteiger partial charge >= 0.3 is 5.97 Å². The van der Waals surface area contributed by atoms with Crippen LogP contribution in [0.4, 0.5) is 4.39 Å². The highest BCUT2D eigenvalue weighted by atomic mass is 19.1. The van der Waals surface area contributed by atoms with Crippen molar-refractivity contribution in [1.29, 1.82) is 0 Å². The molecule has 0 aliphatic rings. The summed E-state index contributed by atoms with van der Waals surface area (Å²) in [4.78, 5) is 14.8. The number of rotatable bonds is 6. The van der Waals surface area contributed by atoms with E-state index in [2.05, 4.69) is 10.3 Å². The highest BCUT2D eigenvalue weighted by molar-refractivity contribution is 5.87. The molecule has 0 saturated heterocycles. The lowest BCUT2D eigenvalue weighted by molar-refractivity contribution is 0.0696. The van der Waals surface area contributed by atoms with E-state index in [1.54, 1.807) is 12.5 Å². The van der Waals surface area contributed by atoms with Crippen LogP contribution >= 0.6 is 0 Å². The topological polar surface area (TPSA) is 67.2 Å². The second kappa shape index (κ2) is 6.29. The van der Waals surface area contributed by atoms with Crippen LogP contribution in [0.1, 0.15) is 22.8 Å². The summed E-state index contributed by atoms with van der Waals surface area (Å²) in [6, 6.07) is 3.91. The molecule has 0 amide bonds. The summed E-state index contributed by atoms with van der Waals surface area (Å²) in [6.45, 7) is 2.96. The summed E-state index contributed by atoms with van der Waals surface area (Å²) in [6.07, 6.45) is 5.26. The number of aromatic nitrogens is 2. The summed E-state index contributed by atoms with van der Waals surface area (Å²) in [5.41, 5.74) is 0.438. The average Bonchev–Trinajstić information content (AvgIpc) is 2.90. The number of carboxylic acid groups (broad SMARTS) is 1. The molecule has 20 heavy (non-hydrogen) atoms. The van der Waals surface area contributed by atoms with Crippen molar-refractivity contribution in [2.75, 3.05) is 0 Å². The zero-order valence-electron chi connectivity index (χ0n) is 11.1. The van der Waals surface area contributed by atoms with Crippen LogP contribution in [0.3, 0.4) is 0 Å². The maximum atomic E-state index is 13.6. The standard InChI is InChI=1S/C14H16FN3O2/c1-10(8-18-5-4-16-9-18)17-7-12-6-11(14(19)20)2-3-13(12)15/h2-6,9-10,17H,7-8H2,1H3,(H,19,20). The smallest absolute Gasteiger partial charge is 0.335 e. The fourth-order valence-electron chi connectivity index (χ4n) is 1.90. The molecule has 2 rings (SSSR count).